The van der Waals surface area contributed by atoms with Crippen molar-refractivity contribution in [2.24, 2.45) is 0 Å². The lowest BCUT2D eigenvalue weighted by Crippen LogP contribution is -2.48. The van der Waals surface area contributed by atoms with Gasteiger partial charge in [0.05, 0.1) is 11.5 Å². The average Bonchev–Trinajstić information content (AvgIpc) is 3.38. The van der Waals surface area contributed by atoms with Crippen molar-refractivity contribution in [3.63, 3.8) is 0 Å². The molecule has 1 saturated carbocycles. The summed E-state index contributed by atoms with van der Waals surface area (Å²) in [5.74, 6) is -1.51. The smallest absolute Gasteiger partial charge is 0.388 e. The molecule has 8 nitrogen and oxygen atoms in total. The largest absolute Gasteiger partial charge is 0.437 e. The lowest BCUT2D eigenvalue weighted by Gasteiger charge is -2.33. The molecule has 0 radical (unpaired) electrons. The van der Waals surface area contributed by atoms with E-state index in [0.29, 0.717) is 12.0 Å². The maximum absolute atomic E-state index is 13.1. The van der Waals surface area contributed by atoms with Crippen LogP contribution < -0.4 is 5.76 Å². The van der Waals surface area contributed by atoms with Gasteiger partial charge in [0, 0.05) is 17.6 Å². The topological polar surface area (TPSA) is 102 Å². The quantitative estimate of drug-likeness (QED) is 0.724. The summed E-state index contributed by atoms with van der Waals surface area (Å²) in [7, 11) is -3.15. The van der Waals surface area contributed by atoms with Crippen LogP contribution in [0.4, 0.5) is 4.39 Å². The third kappa shape index (κ3) is 4.26. The van der Waals surface area contributed by atoms with Crippen LogP contribution in [0.25, 0.3) is 11.5 Å². The van der Waals surface area contributed by atoms with Crippen LogP contribution in [0.3, 0.4) is 0 Å². The third-order valence-electron chi connectivity index (χ3n) is 5.59. The second kappa shape index (κ2) is 7.74. The number of halogens is 1. The fourth-order valence-corrected chi connectivity index (χ4v) is 5.92. The SMILES string of the molecule is O=C(Cn1nc(-c2ccc(F)cc2)oc1=O)N(C1CCCC1)[C@@H]1CCS(=O)(=O)C1. The predicted molar refractivity (Wildman–Crippen MR) is 102 cm³/mol. The molecule has 2 fully saturated rings. The monoisotopic (exact) mass is 423 g/mol. The van der Waals surface area contributed by atoms with E-state index in [2.05, 4.69) is 5.10 Å². The van der Waals surface area contributed by atoms with E-state index in [0.717, 1.165) is 30.4 Å². The first-order valence-corrected chi connectivity index (χ1v) is 11.5. The van der Waals surface area contributed by atoms with Crippen LogP contribution >= 0.6 is 0 Å². The molecule has 0 N–H and O–H groups in total. The zero-order valence-corrected chi connectivity index (χ0v) is 16.6. The summed E-state index contributed by atoms with van der Waals surface area (Å²) in [4.78, 5) is 26.9. The molecule has 1 aromatic heterocycles. The Morgan fingerprint density at radius 3 is 2.48 bits per heavy atom. The molecule has 2 heterocycles. The summed E-state index contributed by atoms with van der Waals surface area (Å²) < 4.78 is 43.0. The molecular formula is C19H22FN3O5S. The van der Waals surface area contributed by atoms with Gasteiger partial charge in [0.1, 0.15) is 12.4 Å². The van der Waals surface area contributed by atoms with E-state index >= 15 is 0 Å². The zero-order chi connectivity index (χ0) is 20.6. The first-order valence-electron chi connectivity index (χ1n) is 9.68. The molecule has 1 aromatic carbocycles. The highest BCUT2D eigenvalue weighted by atomic mass is 32.2. The van der Waals surface area contributed by atoms with E-state index < -0.39 is 21.4 Å². The van der Waals surface area contributed by atoms with Crippen molar-refractivity contribution in [3.8, 4) is 11.5 Å². The summed E-state index contributed by atoms with van der Waals surface area (Å²) in [6, 6.07) is 4.93. The summed E-state index contributed by atoms with van der Waals surface area (Å²) in [5, 5.41) is 4.06. The Bertz CT molecular complexity index is 1050. The number of nitrogens with zero attached hydrogens (tertiary/aromatic N) is 3. The van der Waals surface area contributed by atoms with Crippen LogP contribution in [-0.4, -0.2) is 52.6 Å². The van der Waals surface area contributed by atoms with Gasteiger partial charge in [-0.3, -0.25) is 4.79 Å². The highest BCUT2D eigenvalue weighted by Gasteiger charge is 2.39. The Labute approximate surface area is 167 Å². The number of benzene rings is 1. The van der Waals surface area contributed by atoms with E-state index in [1.54, 1.807) is 4.90 Å². The molecule has 2 aliphatic rings. The second-order valence-corrected chi connectivity index (χ2v) is 9.86. The van der Waals surface area contributed by atoms with Gasteiger partial charge in [0.15, 0.2) is 9.84 Å². The molecule has 1 amide bonds. The van der Waals surface area contributed by atoms with Crippen LogP contribution in [-0.2, 0) is 21.2 Å². The summed E-state index contributed by atoms with van der Waals surface area (Å²) >= 11 is 0. The molecule has 156 valence electrons. The highest BCUT2D eigenvalue weighted by molar-refractivity contribution is 7.91. The van der Waals surface area contributed by atoms with E-state index in [1.807, 2.05) is 0 Å². The number of amides is 1. The van der Waals surface area contributed by atoms with Gasteiger partial charge in [0.25, 0.3) is 0 Å². The Morgan fingerprint density at radius 1 is 1.17 bits per heavy atom. The Balaban J connectivity index is 1.56. The lowest BCUT2D eigenvalue weighted by molar-refractivity contribution is -0.136. The number of hydrogen-bond donors (Lipinski definition) is 0. The normalized spacial score (nSPS) is 21.5. The van der Waals surface area contributed by atoms with Crippen molar-refractivity contribution >= 4 is 15.7 Å². The molecule has 2 aromatic rings. The van der Waals surface area contributed by atoms with Gasteiger partial charge >= 0.3 is 5.76 Å². The first-order chi connectivity index (χ1) is 13.8. The molecule has 0 bridgehead atoms. The number of carbonyl (C=O) groups excluding carboxylic acids is 1. The summed E-state index contributed by atoms with van der Waals surface area (Å²) in [5.41, 5.74) is 0.421. The van der Waals surface area contributed by atoms with E-state index in [1.165, 1.54) is 24.3 Å². The molecule has 1 atom stereocenters. The number of hydrogen-bond acceptors (Lipinski definition) is 6. The van der Waals surface area contributed by atoms with Gasteiger partial charge in [-0.15, -0.1) is 5.10 Å². The van der Waals surface area contributed by atoms with Gasteiger partial charge in [0.2, 0.25) is 11.8 Å². The Morgan fingerprint density at radius 2 is 1.86 bits per heavy atom. The van der Waals surface area contributed by atoms with Crippen LogP contribution in [0, 0.1) is 5.82 Å². The second-order valence-electron chi connectivity index (χ2n) is 7.63. The van der Waals surface area contributed by atoms with Crippen molar-refractivity contribution in [1.82, 2.24) is 14.7 Å². The maximum atomic E-state index is 13.1. The fraction of sp³-hybridized carbons (Fsp3) is 0.526. The van der Waals surface area contributed by atoms with Crippen LogP contribution in [0.2, 0.25) is 0 Å². The summed E-state index contributed by atoms with van der Waals surface area (Å²) in [6.45, 7) is -0.323. The molecule has 1 saturated heterocycles. The van der Waals surface area contributed by atoms with Crippen molar-refractivity contribution in [3.05, 3.63) is 40.6 Å². The third-order valence-corrected chi connectivity index (χ3v) is 7.34. The van der Waals surface area contributed by atoms with Gasteiger partial charge in [-0.25, -0.2) is 17.6 Å². The minimum Gasteiger partial charge on any atom is -0.388 e. The fourth-order valence-electron chi connectivity index (χ4n) is 4.21. The maximum Gasteiger partial charge on any atom is 0.437 e. The molecule has 29 heavy (non-hydrogen) atoms. The van der Waals surface area contributed by atoms with Crippen LogP contribution in [0.1, 0.15) is 32.1 Å². The minimum absolute atomic E-state index is 0.00124. The first kappa shape index (κ1) is 19.8. The van der Waals surface area contributed by atoms with Gasteiger partial charge in [-0.1, -0.05) is 12.8 Å². The average molecular weight is 423 g/mol. The lowest BCUT2D eigenvalue weighted by atomic mass is 10.1. The molecule has 10 heteroatoms. The Kier molecular flexibility index (Phi) is 5.28. The van der Waals surface area contributed by atoms with E-state index in [9.17, 15) is 22.4 Å². The van der Waals surface area contributed by atoms with Crippen molar-refractivity contribution in [2.75, 3.05) is 11.5 Å². The molecule has 4 rings (SSSR count). The number of rotatable bonds is 5. The van der Waals surface area contributed by atoms with Crippen molar-refractivity contribution in [1.29, 1.82) is 0 Å². The van der Waals surface area contributed by atoms with Crippen LogP contribution in [0.5, 0.6) is 0 Å². The number of aromatic nitrogens is 2. The zero-order valence-electron chi connectivity index (χ0n) is 15.8. The van der Waals surface area contributed by atoms with Gasteiger partial charge in [-0.05, 0) is 43.5 Å². The van der Waals surface area contributed by atoms with Crippen molar-refractivity contribution < 1.29 is 22.0 Å². The van der Waals surface area contributed by atoms with Gasteiger partial charge < -0.3 is 9.32 Å². The standard InChI is InChI=1S/C19H22FN3O5S/c20-14-7-5-13(6-8-14)18-21-22(19(25)28-18)11-17(24)23(15-3-1-2-4-15)16-9-10-29(26,27)12-16/h5-8,15-16H,1-4,9-12H2/t16-/m1/s1. The predicted octanol–water partition coefficient (Wildman–Crippen LogP) is 1.60. The Hall–Kier alpha value is -2.49. The molecule has 0 spiro atoms. The van der Waals surface area contributed by atoms with E-state index in [4.69, 9.17) is 4.42 Å². The highest BCUT2D eigenvalue weighted by Crippen LogP contribution is 2.29. The number of sulfone groups is 1. The molecule has 1 aliphatic carbocycles. The van der Waals surface area contributed by atoms with E-state index in [-0.39, 0.29) is 41.9 Å². The van der Waals surface area contributed by atoms with Gasteiger partial charge in [-0.2, -0.15) is 4.68 Å². The van der Waals surface area contributed by atoms with Crippen molar-refractivity contribution in [2.45, 2.75) is 50.7 Å². The summed E-state index contributed by atoms with van der Waals surface area (Å²) in [6.07, 6.45) is 4.06. The molecule has 0 unspecified atom stereocenters. The molecular weight excluding hydrogens is 401 g/mol. The van der Waals surface area contributed by atoms with Crippen LogP contribution in [0.15, 0.2) is 33.5 Å². The molecule has 1 aliphatic heterocycles. The minimum atomic E-state index is -3.15. The number of carbonyl (C=O) groups is 1.